The molecule has 0 radical (unpaired) electrons. The van der Waals surface area contributed by atoms with Gasteiger partial charge >= 0.3 is 0 Å². The summed E-state index contributed by atoms with van der Waals surface area (Å²) >= 11 is 0. The van der Waals surface area contributed by atoms with Gasteiger partial charge < -0.3 is 10.2 Å². The average Bonchev–Trinajstić information content (AvgIpc) is 2.84. The highest BCUT2D eigenvalue weighted by Crippen LogP contribution is 2.14. The topological polar surface area (TPSA) is 45.2 Å². The number of likely N-dealkylation sites (tertiary alicyclic amines) is 1. The van der Waals surface area contributed by atoms with Crippen molar-refractivity contribution in [2.24, 2.45) is 5.92 Å². The zero-order chi connectivity index (χ0) is 13.0. The van der Waals surface area contributed by atoms with Crippen LogP contribution < -0.4 is 5.32 Å². The zero-order valence-electron chi connectivity index (χ0n) is 10.5. The summed E-state index contributed by atoms with van der Waals surface area (Å²) in [6.07, 6.45) is 3.57. The molecule has 2 rings (SSSR count). The summed E-state index contributed by atoms with van der Waals surface area (Å²) in [4.78, 5) is 17.8. The van der Waals surface area contributed by atoms with Crippen LogP contribution in [-0.4, -0.2) is 42.0 Å². The summed E-state index contributed by atoms with van der Waals surface area (Å²) in [5, 5.41) is 2.79. The van der Waals surface area contributed by atoms with E-state index in [9.17, 15) is 9.18 Å². The lowest BCUT2D eigenvalue weighted by molar-refractivity contribution is 0.0943. The number of hydrogen-bond donors (Lipinski definition) is 1. The molecular formula is C13H18FN3O. The normalized spacial score (nSPS) is 20.0. The van der Waals surface area contributed by atoms with E-state index in [0.29, 0.717) is 12.5 Å². The van der Waals surface area contributed by atoms with Gasteiger partial charge in [0.05, 0.1) is 11.8 Å². The van der Waals surface area contributed by atoms with E-state index in [4.69, 9.17) is 0 Å². The molecule has 1 aromatic heterocycles. The molecule has 1 fully saturated rings. The minimum Gasteiger partial charge on any atom is -0.352 e. The molecule has 98 valence electrons. The van der Waals surface area contributed by atoms with Crippen LogP contribution in [0.5, 0.6) is 0 Å². The number of rotatable bonds is 4. The Kier molecular flexibility index (Phi) is 4.25. The Balaban J connectivity index is 1.84. The third-order valence-corrected chi connectivity index (χ3v) is 3.39. The second kappa shape index (κ2) is 5.91. The second-order valence-corrected chi connectivity index (χ2v) is 4.61. The van der Waals surface area contributed by atoms with Crippen LogP contribution in [0, 0.1) is 11.7 Å². The van der Waals surface area contributed by atoms with Crippen molar-refractivity contribution in [1.82, 2.24) is 15.2 Å². The maximum absolute atomic E-state index is 13.3. The van der Waals surface area contributed by atoms with Gasteiger partial charge in [-0.1, -0.05) is 6.92 Å². The lowest BCUT2D eigenvalue weighted by Crippen LogP contribution is -2.31. The molecule has 0 bridgehead atoms. The van der Waals surface area contributed by atoms with Crippen LogP contribution >= 0.6 is 0 Å². The molecule has 0 saturated carbocycles. The van der Waals surface area contributed by atoms with Crippen molar-refractivity contribution in [2.45, 2.75) is 13.3 Å². The lowest BCUT2D eigenvalue weighted by atomic mass is 10.1. The van der Waals surface area contributed by atoms with Gasteiger partial charge in [-0.05, 0) is 31.5 Å². The minimum absolute atomic E-state index is 0.0651. The molecule has 18 heavy (non-hydrogen) atoms. The molecule has 1 amide bonds. The van der Waals surface area contributed by atoms with Gasteiger partial charge in [0.1, 0.15) is 0 Å². The van der Waals surface area contributed by atoms with Crippen LogP contribution in [0.2, 0.25) is 0 Å². The third-order valence-electron chi connectivity index (χ3n) is 3.39. The average molecular weight is 251 g/mol. The third kappa shape index (κ3) is 3.04. The molecule has 0 unspecified atom stereocenters. The Hall–Kier alpha value is -1.49. The maximum atomic E-state index is 13.3. The molecule has 1 aromatic rings. The van der Waals surface area contributed by atoms with Gasteiger partial charge in [0.2, 0.25) is 0 Å². The van der Waals surface area contributed by atoms with Gasteiger partial charge in [-0.3, -0.25) is 9.78 Å². The Morgan fingerprint density at radius 2 is 2.50 bits per heavy atom. The van der Waals surface area contributed by atoms with Crippen molar-refractivity contribution in [3.05, 3.63) is 29.8 Å². The van der Waals surface area contributed by atoms with Crippen LogP contribution in [-0.2, 0) is 0 Å². The smallest absolute Gasteiger partial charge is 0.254 e. The van der Waals surface area contributed by atoms with E-state index in [1.165, 1.54) is 12.3 Å². The summed E-state index contributed by atoms with van der Waals surface area (Å²) in [5.41, 5.74) is 0.0651. The van der Waals surface area contributed by atoms with Crippen LogP contribution in [0.15, 0.2) is 18.5 Å². The van der Waals surface area contributed by atoms with Crippen molar-refractivity contribution in [3.8, 4) is 0 Å². The number of halogens is 1. The fourth-order valence-electron chi connectivity index (χ4n) is 2.26. The molecule has 0 aromatic carbocycles. The molecule has 2 heterocycles. The number of nitrogens with zero attached hydrogens (tertiary/aromatic N) is 2. The highest BCUT2D eigenvalue weighted by atomic mass is 19.1. The predicted molar refractivity (Wildman–Crippen MR) is 66.7 cm³/mol. The molecule has 5 heteroatoms. The van der Waals surface area contributed by atoms with E-state index < -0.39 is 5.82 Å². The highest BCUT2D eigenvalue weighted by molar-refractivity contribution is 5.94. The fraction of sp³-hybridized carbons (Fsp3) is 0.538. The van der Waals surface area contributed by atoms with Crippen molar-refractivity contribution in [1.29, 1.82) is 0 Å². The first-order valence-corrected chi connectivity index (χ1v) is 6.30. The lowest BCUT2D eigenvalue weighted by Gasteiger charge is -2.13. The standard InChI is InChI=1S/C13H18FN3O/c1-2-17-6-4-10(9-17)7-16-13(18)11-3-5-15-8-12(11)14/h3,5,8,10H,2,4,6-7,9H2,1H3,(H,16,18)/t10-/m1/s1. The Labute approximate surface area is 106 Å². The number of hydrogen-bond acceptors (Lipinski definition) is 3. The molecular weight excluding hydrogens is 233 g/mol. The molecule has 1 atom stereocenters. The molecule has 1 saturated heterocycles. The first kappa shape index (κ1) is 13.0. The summed E-state index contributed by atoms with van der Waals surface area (Å²) < 4.78 is 13.3. The maximum Gasteiger partial charge on any atom is 0.254 e. The van der Waals surface area contributed by atoms with Crippen LogP contribution in [0.3, 0.4) is 0 Å². The molecule has 1 N–H and O–H groups in total. The number of nitrogens with one attached hydrogen (secondary N) is 1. The van der Waals surface area contributed by atoms with Crippen molar-refractivity contribution < 1.29 is 9.18 Å². The van der Waals surface area contributed by atoms with Crippen molar-refractivity contribution in [3.63, 3.8) is 0 Å². The largest absolute Gasteiger partial charge is 0.352 e. The fourth-order valence-corrected chi connectivity index (χ4v) is 2.26. The van der Waals surface area contributed by atoms with E-state index >= 15 is 0 Å². The molecule has 4 nitrogen and oxygen atoms in total. The molecule has 1 aliphatic rings. The van der Waals surface area contributed by atoms with Gasteiger partial charge in [0, 0.05) is 19.3 Å². The minimum atomic E-state index is -0.573. The van der Waals surface area contributed by atoms with Gasteiger partial charge in [0.15, 0.2) is 5.82 Å². The van der Waals surface area contributed by atoms with Crippen molar-refractivity contribution in [2.75, 3.05) is 26.2 Å². The van der Waals surface area contributed by atoms with Crippen molar-refractivity contribution >= 4 is 5.91 Å². The monoisotopic (exact) mass is 251 g/mol. The van der Waals surface area contributed by atoms with Gasteiger partial charge in [-0.25, -0.2) is 4.39 Å². The summed E-state index contributed by atoms with van der Waals surface area (Å²) in [6.45, 7) is 5.88. The second-order valence-electron chi connectivity index (χ2n) is 4.61. The van der Waals surface area contributed by atoms with Crippen LogP contribution in [0.1, 0.15) is 23.7 Å². The quantitative estimate of drug-likeness (QED) is 0.877. The summed E-state index contributed by atoms with van der Waals surface area (Å²) in [5.74, 6) is -0.458. The van der Waals surface area contributed by atoms with Gasteiger partial charge in [-0.15, -0.1) is 0 Å². The highest BCUT2D eigenvalue weighted by Gasteiger charge is 2.22. The number of pyridine rings is 1. The van der Waals surface area contributed by atoms with Gasteiger partial charge in [-0.2, -0.15) is 0 Å². The molecule has 1 aliphatic heterocycles. The van der Waals surface area contributed by atoms with E-state index in [2.05, 4.69) is 22.1 Å². The number of carbonyl (C=O) groups excluding carboxylic acids is 1. The summed E-state index contributed by atoms with van der Waals surface area (Å²) in [7, 11) is 0. The Morgan fingerprint density at radius 3 is 3.17 bits per heavy atom. The first-order valence-electron chi connectivity index (χ1n) is 6.30. The number of carbonyl (C=O) groups is 1. The van der Waals surface area contributed by atoms with E-state index in [1.807, 2.05) is 0 Å². The SMILES string of the molecule is CCN1CC[C@H](CNC(=O)c2ccncc2F)C1. The van der Waals surface area contributed by atoms with Crippen LogP contribution in [0.25, 0.3) is 0 Å². The first-order chi connectivity index (χ1) is 8.70. The Morgan fingerprint density at radius 1 is 1.67 bits per heavy atom. The zero-order valence-corrected chi connectivity index (χ0v) is 10.5. The predicted octanol–water partition coefficient (Wildman–Crippen LogP) is 1.29. The molecule has 0 spiro atoms. The van der Waals surface area contributed by atoms with E-state index in [0.717, 1.165) is 32.3 Å². The summed E-state index contributed by atoms with van der Waals surface area (Å²) in [6, 6.07) is 1.40. The van der Waals surface area contributed by atoms with Crippen LogP contribution in [0.4, 0.5) is 4.39 Å². The number of aromatic nitrogens is 1. The van der Waals surface area contributed by atoms with Gasteiger partial charge in [0.25, 0.3) is 5.91 Å². The molecule has 0 aliphatic carbocycles. The van der Waals surface area contributed by atoms with E-state index in [-0.39, 0.29) is 11.5 Å². The van der Waals surface area contributed by atoms with E-state index in [1.54, 1.807) is 0 Å². The number of amides is 1. The Bertz CT molecular complexity index is 424.